The first-order valence-electron chi connectivity index (χ1n) is 9.37. The number of hydrogen-bond donors (Lipinski definition) is 0. The van der Waals surface area contributed by atoms with Crippen LogP contribution in [-0.4, -0.2) is 0 Å². The molecule has 0 aromatic heterocycles. The van der Waals surface area contributed by atoms with Gasteiger partial charge in [0.05, 0.1) is 0 Å². The summed E-state index contributed by atoms with van der Waals surface area (Å²) in [6, 6.07) is 17.7. The fourth-order valence-electron chi connectivity index (χ4n) is 4.19. The Balaban J connectivity index is 0.000000411. The van der Waals surface area contributed by atoms with Crippen molar-refractivity contribution in [3.63, 3.8) is 0 Å². The van der Waals surface area contributed by atoms with E-state index in [1.807, 2.05) is 0 Å². The third-order valence-corrected chi connectivity index (χ3v) is 5.53. The van der Waals surface area contributed by atoms with E-state index in [0.29, 0.717) is 0 Å². The van der Waals surface area contributed by atoms with E-state index in [1.165, 1.54) is 64.2 Å². The van der Waals surface area contributed by atoms with Crippen molar-refractivity contribution < 1.29 is 60.2 Å². The van der Waals surface area contributed by atoms with E-state index < -0.39 is 0 Å². The van der Waals surface area contributed by atoms with E-state index >= 15 is 0 Å². The molecule has 2 aliphatic rings. The van der Waals surface area contributed by atoms with Crippen molar-refractivity contribution in [3.05, 3.63) is 59.7 Å². The van der Waals surface area contributed by atoms with Crippen LogP contribution in [0.5, 0.6) is 0 Å². The van der Waals surface area contributed by atoms with Gasteiger partial charge in [0.25, 0.3) is 0 Å². The fraction of sp³-hybridized carbons (Fsp3) is 0.545. The van der Waals surface area contributed by atoms with Crippen LogP contribution in [0.15, 0.2) is 48.5 Å². The molecule has 0 atom stereocenters. The molecule has 25 heavy (non-hydrogen) atoms. The van der Waals surface area contributed by atoms with Crippen molar-refractivity contribution in [1.29, 1.82) is 0 Å². The number of rotatable bonds is 2. The van der Waals surface area contributed by atoms with Crippen molar-refractivity contribution in [1.82, 2.24) is 0 Å². The maximum Gasteiger partial charge on any atom is 4.00 e. The summed E-state index contributed by atoms with van der Waals surface area (Å²) in [4.78, 5) is 0. The van der Waals surface area contributed by atoms with Gasteiger partial charge < -0.3 is 34.0 Å². The summed E-state index contributed by atoms with van der Waals surface area (Å²) in [5, 5.41) is 0. The molecule has 0 N–H and O–H groups in total. The molecule has 0 spiro atoms. The van der Waals surface area contributed by atoms with Crippen molar-refractivity contribution in [2.75, 3.05) is 0 Å². The Morgan fingerprint density at radius 3 is 1.04 bits per heavy atom. The first-order chi connectivity index (χ1) is 10.9. The van der Waals surface area contributed by atoms with Crippen LogP contribution in [0.4, 0.5) is 0 Å². The Morgan fingerprint density at radius 1 is 0.480 bits per heavy atom. The van der Waals surface area contributed by atoms with E-state index in [1.54, 1.807) is 11.1 Å². The van der Waals surface area contributed by atoms with Gasteiger partial charge in [-0.25, -0.2) is 24.3 Å². The van der Waals surface area contributed by atoms with Gasteiger partial charge in [-0.1, -0.05) is 76.0 Å². The van der Waals surface area contributed by atoms with Gasteiger partial charge in [-0.15, -0.1) is 0 Å². The van der Waals surface area contributed by atoms with Crippen LogP contribution in [0, 0.1) is 0 Å². The summed E-state index contributed by atoms with van der Waals surface area (Å²) in [5.41, 5.74) is 3.15. The van der Waals surface area contributed by atoms with Crippen molar-refractivity contribution >= 4 is 0 Å². The van der Waals surface area contributed by atoms with Gasteiger partial charge in [0.1, 0.15) is 0 Å². The minimum atomic E-state index is 0. The van der Waals surface area contributed by atoms with Crippen LogP contribution >= 0.6 is 0 Å². The summed E-state index contributed by atoms with van der Waals surface area (Å²) in [5.74, 6) is 1.78. The molecular formula is C22H30Br2Zr. The van der Waals surface area contributed by atoms with Crippen LogP contribution in [0.2, 0.25) is 0 Å². The molecule has 0 nitrogen and oxygen atoms in total. The normalized spacial score (nSPS) is 17.9. The Bertz CT molecular complexity index is 444. The number of hydrogen-bond acceptors (Lipinski definition) is 0. The van der Waals surface area contributed by atoms with Gasteiger partial charge in [0.2, 0.25) is 0 Å². The fourth-order valence-corrected chi connectivity index (χ4v) is 4.19. The minimum absolute atomic E-state index is 0. The molecule has 2 fully saturated rings. The largest absolute Gasteiger partial charge is 4.00 e. The first-order valence-corrected chi connectivity index (χ1v) is 9.37. The molecule has 2 aromatic rings. The second-order valence-corrected chi connectivity index (χ2v) is 7.11. The molecule has 2 aliphatic carbocycles. The molecule has 0 unspecified atom stereocenters. The Morgan fingerprint density at radius 2 is 0.760 bits per heavy atom. The summed E-state index contributed by atoms with van der Waals surface area (Å²) < 4.78 is 0. The molecule has 4 rings (SSSR count). The number of halogens is 2. The zero-order chi connectivity index (χ0) is 15.0. The van der Waals surface area contributed by atoms with Crippen molar-refractivity contribution in [2.24, 2.45) is 0 Å². The van der Waals surface area contributed by atoms with Crippen molar-refractivity contribution in [2.45, 2.75) is 76.0 Å². The quantitative estimate of drug-likeness (QED) is 0.493. The molecule has 0 radical (unpaired) electrons. The van der Waals surface area contributed by atoms with Gasteiger partial charge in [-0.3, -0.25) is 0 Å². The molecule has 0 saturated heterocycles. The third-order valence-electron chi connectivity index (χ3n) is 5.53. The molecule has 136 valence electrons. The second-order valence-electron chi connectivity index (χ2n) is 7.11. The van der Waals surface area contributed by atoms with Gasteiger partial charge in [0, 0.05) is 0 Å². The minimum Gasteiger partial charge on any atom is -1.00 e. The molecule has 0 bridgehead atoms. The molecular weight excluding hydrogens is 515 g/mol. The predicted molar refractivity (Wildman–Crippen MR) is 95.7 cm³/mol. The average Bonchev–Trinajstić information content (AvgIpc) is 3.31. The van der Waals surface area contributed by atoms with Crippen molar-refractivity contribution in [3.8, 4) is 0 Å². The smallest absolute Gasteiger partial charge is 1.00 e. The van der Waals surface area contributed by atoms with E-state index in [9.17, 15) is 0 Å². The molecule has 0 heterocycles. The van der Waals surface area contributed by atoms with Crippen LogP contribution in [0.25, 0.3) is 0 Å². The van der Waals surface area contributed by atoms with Gasteiger partial charge in [0.15, 0.2) is 0 Å². The van der Waals surface area contributed by atoms with E-state index in [0.717, 1.165) is 11.8 Å². The SMILES string of the molecule is [Br-].[Br-].[Zr+4].c1cc[c-](C2CCCCC2)c1.c1cc[c-](C2CCCCC2)c1. The standard InChI is InChI=1S/2C11H15.2BrH.Zr/c2*1-2-6-10(7-3-1)11-8-4-5-9-11;;;/h2*4-5,8-10H,1-3,6-7H2;2*1H;/q2*-1;;;+4/p-2. The van der Waals surface area contributed by atoms with E-state index in [-0.39, 0.29) is 60.2 Å². The first kappa shape index (κ1) is 25.5. The molecule has 2 saturated carbocycles. The monoisotopic (exact) mass is 542 g/mol. The molecule has 3 heteroatoms. The topological polar surface area (TPSA) is 0 Å². The van der Waals surface area contributed by atoms with Gasteiger partial charge in [-0.2, -0.15) is 35.4 Å². The average molecular weight is 546 g/mol. The van der Waals surface area contributed by atoms with Crippen LogP contribution in [-0.2, 0) is 26.2 Å². The summed E-state index contributed by atoms with van der Waals surface area (Å²) in [7, 11) is 0. The molecule has 2 aromatic carbocycles. The van der Waals surface area contributed by atoms with Crippen LogP contribution < -0.4 is 34.0 Å². The Kier molecular flexibility index (Phi) is 14.9. The summed E-state index contributed by atoms with van der Waals surface area (Å²) >= 11 is 0. The maximum absolute atomic E-state index is 2.27. The molecule has 0 aliphatic heterocycles. The van der Waals surface area contributed by atoms with E-state index in [4.69, 9.17) is 0 Å². The van der Waals surface area contributed by atoms with Crippen LogP contribution in [0.3, 0.4) is 0 Å². The third kappa shape index (κ3) is 8.40. The van der Waals surface area contributed by atoms with Gasteiger partial charge >= 0.3 is 26.2 Å². The predicted octanol–water partition coefficient (Wildman–Crippen LogP) is 0.912. The Labute approximate surface area is 194 Å². The zero-order valence-electron chi connectivity index (χ0n) is 15.1. The maximum atomic E-state index is 2.27. The Hall–Kier alpha value is 0.543. The van der Waals surface area contributed by atoms with E-state index in [2.05, 4.69) is 48.5 Å². The summed E-state index contributed by atoms with van der Waals surface area (Å²) in [6.45, 7) is 0. The van der Waals surface area contributed by atoms with Crippen LogP contribution in [0.1, 0.15) is 87.2 Å². The zero-order valence-corrected chi connectivity index (χ0v) is 20.7. The second kappa shape index (κ2) is 14.6. The van der Waals surface area contributed by atoms with Gasteiger partial charge in [-0.05, 0) is 0 Å². The summed E-state index contributed by atoms with van der Waals surface area (Å²) in [6.07, 6.45) is 14.4. The molecule has 0 amide bonds.